The fourth-order valence-electron chi connectivity index (χ4n) is 3.16. The lowest BCUT2D eigenvalue weighted by Gasteiger charge is -2.30. The van der Waals surface area contributed by atoms with Crippen LogP contribution in [0.3, 0.4) is 0 Å². The first kappa shape index (κ1) is 18.8. The van der Waals surface area contributed by atoms with Crippen molar-refractivity contribution in [3.63, 3.8) is 0 Å². The molecule has 0 saturated carbocycles. The molecule has 0 heteroatoms. The molecule has 0 aliphatic rings. The monoisotopic (exact) mass is 322 g/mol. The van der Waals surface area contributed by atoms with Crippen molar-refractivity contribution in [3.05, 3.63) is 59.2 Å². The molecule has 2 aromatic carbocycles. The van der Waals surface area contributed by atoms with E-state index in [1.165, 1.54) is 27.8 Å². The molecule has 0 radical (unpaired) electrons. The average molecular weight is 323 g/mol. The van der Waals surface area contributed by atoms with Crippen LogP contribution in [-0.2, 0) is 16.2 Å². The van der Waals surface area contributed by atoms with Crippen molar-refractivity contribution in [2.24, 2.45) is 0 Å². The maximum atomic E-state index is 2.40. The SMILES string of the molecule is CC(C)(C)c1ccc(-c2ccc(C(C)(C)C)c(C(C)(C)C)c2)cc1. The van der Waals surface area contributed by atoms with E-state index in [2.05, 4.69) is 105 Å². The maximum absolute atomic E-state index is 2.40. The third-order valence-corrected chi connectivity index (χ3v) is 4.72. The molecule has 24 heavy (non-hydrogen) atoms. The third-order valence-electron chi connectivity index (χ3n) is 4.72. The zero-order chi connectivity index (χ0) is 18.3. The highest BCUT2D eigenvalue weighted by Crippen LogP contribution is 2.37. The van der Waals surface area contributed by atoms with E-state index >= 15 is 0 Å². The zero-order valence-electron chi connectivity index (χ0n) is 17.0. The highest BCUT2D eigenvalue weighted by Gasteiger charge is 2.25. The van der Waals surface area contributed by atoms with E-state index < -0.39 is 0 Å². The van der Waals surface area contributed by atoms with Crippen molar-refractivity contribution < 1.29 is 0 Å². The number of benzene rings is 2. The Hall–Kier alpha value is -1.56. The molecule has 0 aromatic heterocycles. The molecule has 0 spiro atoms. The Labute approximate surface area is 149 Å². The van der Waals surface area contributed by atoms with Crippen LogP contribution in [0.1, 0.15) is 79.0 Å². The van der Waals surface area contributed by atoms with Gasteiger partial charge in [0.05, 0.1) is 0 Å². The van der Waals surface area contributed by atoms with Crippen molar-refractivity contribution >= 4 is 0 Å². The maximum Gasteiger partial charge on any atom is -0.0129 e. The molecule has 2 rings (SSSR count). The molecular weight excluding hydrogens is 288 g/mol. The normalized spacial score (nSPS) is 13.2. The van der Waals surface area contributed by atoms with Gasteiger partial charge in [-0.05, 0) is 44.1 Å². The smallest absolute Gasteiger partial charge is 0.0129 e. The van der Waals surface area contributed by atoms with Gasteiger partial charge in [0.2, 0.25) is 0 Å². The highest BCUT2D eigenvalue weighted by molar-refractivity contribution is 5.66. The Kier molecular flexibility index (Phi) is 4.74. The second-order valence-electron chi connectivity index (χ2n) is 10.1. The van der Waals surface area contributed by atoms with Crippen LogP contribution in [0.4, 0.5) is 0 Å². The Morgan fingerprint density at radius 3 is 1.33 bits per heavy atom. The molecule has 0 bridgehead atoms. The Balaban J connectivity index is 2.53. The van der Waals surface area contributed by atoms with Crippen molar-refractivity contribution in [3.8, 4) is 11.1 Å². The summed E-state index contributed by atoms with van der Waals surface area (Å²) in [5, 5.41) is 0. The van der Waals surface area contributed by atoms with Gasteiger partial charge in [-0.25, -0.2) is 0 Å². The molecule has 0 N–H and O–H groups in total. The van der Waals surface area contributed by atoms with Gasteiger partial charge in [0.1, 0.15) is 0 Å². The van der Waals surface area contributed by atoms with Crippen LogP contribution < -0.4 is 0 Å². The lowest BCUT2D eigenvalue weighted by molar-refractivity contribution is 0.530. The van der Waals surface area contributed by atoms with Crippen molar-refractivity contribution in [2.45, 2.75) is 78.6 Å². The van der Waals surface area contributed by atoms with E-state index in [1.54, 1.807) is 0 Å². The van der Waals surface area contributed by atoms with Crippen LogP contribution in [0.2, 0.25) is 0 Å². The molecule has 0 aliphatic carbocycles. The molecule has 0 amide bonds. The average Bonchev–Trinajstić information content (AvgIpc) is 2.44. The summed E-state index contributed by atoms with van der Waals surface area (Å²) in [6, 6.07) is 16.1. The lowest BCUT2D eigenvalue weighted by atomic mass is 9.74. The first-order valence-corrected chi connectivity index (χ1v) is 9.06. The largest absolute Gasteiger partial charge is 0.0579 e. The van der Waals surface area contributed by atoms with Crippen molar-refractivity contribution in [1.82, 2.24) is 0 Å². The summed E-state index contributed by atoms with van der Waals surface area (Å²) in [7, 11) is 0. The zero-order valence-corrected chi connectivity index (χ0v) is 17.0. The van der Waals surface area contributed by atoms with Gasteiger partial charge in [0.25, 0.3) is 0 Å². The van der Waals surface area contributed by atoms with Gasteiger partial charge in [-0.2, -0.15) is 0 Å². The van der Waals surface area contributed by atoms with Crippen LogP contribution >= 0.6 is 0 Å². The van der Waals surface area contributed by atoms with Gasteiger partial charge in [-0.15, -0.1) is 0 Å². The van der Waals surface area contributed by atoms with Gasteiger partial charge in [-0.1, -0.05) is 105 Å². The van der Waals surface area contributed by atoms with Gasteiger partial charge in [0, 0.05) is 0 Å². The summed E-state index contributed by atoms with van der Waals surface area (Å²) in [4.78, 5) is 0. The topological polar surface area (TPSA) is 0 Å². The van der Waals surface area contributed by atoms with Gasteiger partial charge >= 0.3 is 0 Å². The minimum atomic E-state index is 0.143. The molecule has 0 fully saturated rings. The summed E-state index contributed by atoms with van der Waals surface area (Å²) in [6.45, 7) is 20.6. The van der Waals surface area contributed by atoms with Crippen molar-refractivity contribution in [2.75, 3.05) is 0 Å². The van der Waals surface area contributed by atoms with E-state index in [1.807, 2.05) is 0 Å². The van der Waals surface area contributed by atoms with Crippen molar-refractivity contribution in [1.29, 1.82) is 0 Å². The van der Waals surface area contributed by atoms with E-state index in [0.717, 1.165) is 0 Å². The Morgan fingerprint density at radius 1 is 0.458 bits per heavy atom. The second kappa shape index (κ2) is 6.06. The standard InChI is InChI=1S/C24H34/c1-22(2,3)19-13-10-17(11-14-19)18-12-15-20(23(4,5)6)21(16-18)24(7,8)9/h10-16H,1-9H3. The predicted octanol–water partition coefficient (Wildman–Crippen LogP) is 7.25. The van der Waals surface area contributed by atoms with E-state index in [4.69, 9.17) is 0 Å². The van der Waals surface area contributed by atoms with E-state index in [0.29, 0.717) is 0 Å². The summed E-state index contributed by atoms with van der Waals surface area (Å²) in [5.41, 5.74) is 7.40. The lowest BCUT2D eigenvalue weighted by Crippen LogP contribution is -2.21. The third kappa shape index (κ3) is 4.09. The fourth-order valence-corrected chi connectivity index (χ4v) is 3.16. The van der Waals surface area contributed by atoms with E-state index in [9.17, 15) is 0 Å². The quantitative estimate of drug-likeness (QED) is 0.519. The molecule has 0 aliphatic heterocycles. The highest BCUT2D eigenvalue weighted by atomic mass is 14.3. The van der Waals surface area contributed by atoms with Crippen LogP contribution in [0, 0.1) is 0 Å². The van der Waals surface area contributed by atoms with Crippen LogP contribution in [0.15, 0.2) is 42.5 Å². The second-order valence-corrected chi connectivity index (χ2v) is 10.1. The predicted molar refractivity (Wildman–Crippen MR) is 108 cm³/mol. The van der Waals surface area contributed by atoms with Crippen LogP contribution in [-0.4, -0.2) is 0 Å². The van der Waals surface area contributed by atoms with Gasteiger partial charge < -0.3 is 0 Å². The molecule has 0 nitrogen and oxygen atoms in total. The fraction of sp³-hybridized carbons (Fsp3) is 0.500. The summed E-state index contributed by atoms with van der Waals surface area (Å²) < 4.78 is 0. The molecule has 2 aromatic rings. The number of hydrogen-bond donors (Lipinski definition) is 0. The van der Waals surface area contributed by atoms with Crippen LogP contribution in [0.5, 0.6) is 0 Å². The Bertz CT molecular complexity index is 696. The van der Waals surface area contributed by atoms with Crippen LogP contribution in [0.25, 0.3) is 11.1 Å². The summed E-state index contributed by atoms with van der Waals surface area (Å²) in [5.74, 6) is 0. The van der Waals surface area contributed by atoms with E-state index in [-0.39, 0.29) is 16.2 Å². The summed E-state index contributed by atoms with van der Waals surface area (Å²) >= 11 is 0. The Morgan fingerprint density at radius 2 is 0.917 bits per heavy atom. The number of hydrogen-bond acceptors (Lipinski definition) is 0. The minimum Gasteiger partial charge on any atom is -0.0579 e. The molecule has 0 heterocycles. The molecule has 130 valence electrons. The first-order chi connectivity index (χ1) is 10.8. The molecular formula is C24H34. The minimum absolute atomic E-state index is 0.143. The van der Waals surface area contributed by atoms with Gasteiger partial charge in [0.15, 0.2) is 0 Å². The molecule has 0 atom stereocenters. The number of rotatable bonds is 1. The molecule has 0 unspecified atom stereocenters. The van der Waals surface area contributed by atoms with Gasteiger partial charge in [-0.3, -0.25) is 0 Å². The molecule has 0 saturated heterocycles. The summed E-state index contributed by atoms with van der Waals surface area (Å²) in [6.07, 6.45) is 0. The first-order valence-electron chi connectivity index (χ1n) is 9.06.